The van der Waals surface area contributed by atoms with Crippen LogP contribution in [0.5, 0.6) is 0 Å². The molecule has 2 fully saturated rings. The number of hydrogen-bond acceptors (Lipinski definition) is 3. The lowest BCUT2D eigenvalue weighted by Crippen LogP contribution is -2.48. The summed E-state index contributed by atoms with van der Waals surface area (Å²) in [7, 11) is 0. The SMILES string of the molecule is CCC1CCC(C2CN(C(=O)OC(C)(C)C)CCC2=O)CC1. The smallest absolute Gasteiger partial charge is 0.410 e. The Morgan fingerprint density at radius 3 is 2.41 bits per heavy atom. The molecule has 0 spiro atoms. The molecule has 1 aliphatic carbocycles. The molecule has 1 amide bonds. The largest absolute Gasteiger partial charge is 0.444 e. The molecule has 1 unspecified atom stereocenters. The van der Waals surface area contributed by atoms with Gasteiger partial charge in [0, 0.05) is 25.4 Å². The van der Waals surface area contributed by atoms with Crippen molar-refractivity contribution in [3.8, 4) is 0 Å². The van der Waals surface area contributed by atoms with E-state index in [0.717, 1.165) is 18.8 Å². The Bertz CT molecular complexity index is 405. The van der Waals surface area contributed by atoms with Gasteiger partial charge in [0.1, 0.15) is 11.4 Å². The zero-order chi connectivity index (χ0) is 16.3. The number of amides is 1. The van der Waals surface area contributed by atoms with Gasteiger partial charge in [0.25, 0.3) is 0 Å². The fraction of sp³-hybridized carbons (Fsp3) is 0.889. The van der Waals surface area contributed by atoms with Crippen molar-refractivity contribution in [1.82, 2.24) is 4.90 Å². The summed E-state index contributed by atoms with van der Waals surface area (Å²) in [5.74, 6) is 1.66. The minimum atomic E-state index is -0.479. The molecule has 1 aliphatic heterocycles. The van der Waals surface area contributed by atoms with Gasteiger partial charge in [-0.25, -0.2) is 4.79 Å². The number of rotatable bonds is 2. The molecule has 1 saturated heterocycles. The van der Waals surface area contributed by atoms with Crippen molar-refractivity contribution in [1.29, 1.82) is 0 Å². The molecule has 2 aliphatic rings. The van der Waals surface area contributed by atoms with Gasteiger partial charge in [0.2, 0.25) is 0 Å². The summed E-state index contributed by atoms with van der Waals surface area (Å²) in [6.45, 7) is 8.95. The average molecular weight is 309 g/mol. The molecule has 1 heterocycles. The summed E-state index contributed by atoms with van der Waals surface area (Å²) in [5, 5.41) is 0. The number of piperidine rings is 1. The van der Waals surface area contributed by atoms with Gasteiger partial charge < -0.3 is 9.64 Å². The average Bonchev–Trinajstić information content (AvgIpc) is 2.46. The minimum Gasteiger partial charge on any atom is -0.444 e. The Morgan fingerprint density at radius 2 is 1.86 bits per heavy atom. The summed E-state index contributed by atoms with van der Waals surface area (Å²) in [6.07, 6.45) is 6.20. The first-order valence-corrected chi connectivity index (χ1v) is 8.80. The number of carbonyl (C=O) groups excluding carboxylic acids is 2. The summed E-state index contributed by atoms with van der Waals surface area (Å²) in [5.41, 5.74) is -0.479. The van der Waals surface area contributed by atoms with Crippen molar-refractivity contribution in [2.45, 2.75) is 71.8 Å². The number of Topliss-reactive ketones (excluding diaryl/α,β-unsaturated/α-hetero) is 1. The highest BCUT2D eigenvalue weighted by molar-refractivity contribution is 5.84. The summed E-state index contributed by atoms with van der Waals surface area (Å²) in [6, 6.07) is 0. The van der Waals surface area contributed by atoms with Crippen LogP contribution in [-0.4, -0.2) is 35.5 Å². The molecule has 0 aromatic carbocycles. The van der Waals surface area contributed by atoms with Gasteiger partial charge in [-0.15, -0.1) is 0 Å². The van der Waals surface area contributed by atoms with Gasteiger partial charge in [-0.05, 0) is 45.4 Å². The molecular weight excluding hydrogens is 278 g/mol. The summed E-state index contributed by atoms with van der Waals surface area (Å²) in [4.78, 5) is 26.3. The van der Waals surface area contributed by atoms with Crippen LogP contribution in [0.2, 0.25) is 0 Å². The van der Waals surface area contributed by atoms with Crippen molar-refractivity contribution in [3.05, 3.63) is 0 Å². The van der Waals surface area contributed by atoms with Crippen LogP contribution in [-0.2, 0) is 9.53 Å². The Morgan fingerprint density at radius 1 is 1.23 bits per heavy atom. The standard InChI is InChI=1S/C18H31NO3/c1-5-13-6-8-14(9-7-13)15-12-19(11-10-16(15)20)17(21)22-18(2,3)4/h13-15H,5-12H2,1-4H3. The number of ether oxygens (including phenoxy) is 1. The lowest BCUT2D eigenvalue weighted by Gasteiger charge is -2.39. The quantitative estimate of drug-likeness (QED) is 0.773. The maximum Gasteiger partial charge on any atom is 0.410 e. The van der Waals surface area contributed by atoms with E-state index in [1.807, 2.05) is 20.8 Å². The van der Waals surface area contributed by atoms with Crippen LogP contribution in [0.15, 0.2) is 0 Å². The molecule has 1 saturated carbocycles. The van der Waals surface area contributed by atoms with Gasteiger partial charge in [0.05, 0.1) is 0 Å². The predicted octanol–water partition coefficient (Wildman–Crippen LogP) is 4.03. The Balaban J connectivity index is 1.94. The van der Waals surface area contributed by atoms with Crippen LogP contribution >= 0.6 is 0 Å². The van der Waals surface area contributed by atoms with Crippen LogP contribution < -0.4 is 0 Å². The first-order valence-electron chi connectivity index (χ1n) is 8.80. The number of carbonyl (C=O) groups is 2. The van der Waals surface area contributed by atoms with Crippen molar-refractivity contribution in [3.63, 3.8) is 0 Å². The Labute approximate surface area is 134 Å². The number of hydrogen-bond donors (Lipinski definition) is 0. The highest BCUT2D eigenvalue weighted by Crippen LogP contribution is 2.37. The van der Waals surface area contributed by atoms with Crippen molar-refractivity contribution < 1.29 is 14.3 Å². The maximum absolute atomic E-state index is 12.3. The van der Waals surface area contributed by atoms with E-state index in [9.17, 15) is 9.59 Å². The van der Waals surface area contributed by atoms with Gasteiger partial charge in [0.15, 0.2) is 0 Å². The topological polar surface area (TPSA) is 46.6 Å². The number of nitrogens with zero attached hydrogens (tertiary/aromatic N) is 1. The van der Waals surface area contributed by atoms with Crippen molar-refractivity contribution in [2.75, 3.05) is 13.1 Å². The Hall–Kier alpha value is -1.06. The molecule has 126 valence electrons. The van der Waals surface area contributed by atoms with E-state index in [1.165, 1.54) is 19.3 Å². The zero-order valence-corrected chi connectivity index (χ0v) is 14.6. The fourth-order valence-electron chi connectivity index (χ4n) is 3.76. The van der Waals surface area contributed by atoms with Gasteiger partial charge >= 0.3 is 6.09 Å². The molecule has 0 aromatic rings. The lowest BCUT2D eigenvalue weighted by molar-refractivity contribution is -0.128. The lowest BCUT2D eigenvalue weighted by atomic mass is 9.72. The number of likely N-dealkylation sites (tertiary alicyclic amines) is 1. The molecule has 0 radical (unpaired) electrons. The van der Waals surface area contributed by atoms with E-state index in [1.54, 1.807) is 4.90 Å². The van der Waals surface area contributed by atoms with Crippen LogP contribution in [0.25, 0.3) is 0 Å². The number of ketones is 1. The molecule has 4 nitrogen and oxygen atoms in total. The third-order valence-electron chi connectivity index (χ3n) is 5.15. The first kappa shape index (κ1) is 17.3. The van der Waals surface area contributed by atoms with E-state index < -0.39 is 5.60 Å². The van der Waals surface area contributed by atoms with Crippen LogP contribution in [0.4, 0.5) is 4.79 Å². The molecule has 4 heteroatoms. The zero-order valence-electron chi connectivity index (χ0n) is 14.6. The molecule has 0 N–H and O–H groups in total. The second-order valence-corrected chi connectivity index (χ2v) is 7.94. The molecule has 2 rings (SSSR count). The first-order chi connectivity index (χ1) is 10.3. The van der Waals surface area contributed by atoms with Crippen LogP contribution in [0.3, 0.4) is 0 Å². The van der Waals surface area contributed by atoms with E-state index in [-0.39, 0.29) is 12.0 Å². The summed E-state index contributed by atoms with van der Waals surface area (Å²) < 4.78 is 5.46. The highest BCUT2D eigenvalue weighted by atomic mass is 16.6. The third-order valence-corrected chi connectivity index (χ3v) is 5.15. The van der Waals surface area contributed by atoms with Gasteiger partial charge in [-0.3, -0.25) is 4.79 Å². The van der Waals surface area contributed by atoms with Crippen LogP contribution in [0.1, 0.15) is 66.2 Å². The van der Waals surface area contributed by atoms with Crippen LogP contribution in [0, 0.1) is 17.8 Å². The second-order valence-electron chi connectivity index (χ2n) is 7.94. The highest BCUT2D eigenvalue weighted by Gasteiger charge is 2.37. The molecule has 0 aromatic heterocycles. The molecule has 0 bridgehead atoms. The van der Waals surface area contributed by atoms with E-state index in [2.05, 4.69) is 6.92 Å². The van der Waals surface area contributed by atoms with Crippen molar-refractivity contribution in [2.24, 2.45) is 17.8 Å². The summed E-state index contributed by atoms with van der Waals surface area (Å²) >= 11 is 0. The molecule has 22 heavy (non-hydrogen) atoms. The third kappa shape index (κ3) is 4.47. The van der Waals surface area contributed by atoms with E-state index >= 15 is 0 Å². The Kier molecular flexibility index (Phi) is 5.51. The van der Waals surface area contributed by atoms with E-state index in [4.69, 9.17) is 4.74 Å². The second kappa shape index (κ2) is 7.01. The maximum atomic E-state index is 12.3. The van der Waals surface area contributed by atoms with Gasteiger partial charge in [-0.2, -0.15) is 0 Å². The molecular formula is C18H31NO3. The minimum absolute atomic E-state index is 0.0269. The van der Waals surface area contributed by atoms with Gasteiger partial charge in [-0.1, -0.05) is 26.2 Å². The normalized spacial score (nSPS) is 30.3. The van der Waals surface area contributed by atoms with Crippen molar-refractivity contribution >= 4 is 11.9 Å². The fourth-order valence-corrected chi connectivity index (χ4v) is 3.76. The monoisotopic (exact) mass is 309 g/mol. The molecule has 1 atom stereocenters. The van der Waals surface area contributed by atoms with E-state index in [0.29, 0.717) is 31.2 Å². The predicted molar refractivity (Wildman–Crippen MR) is 86.7 cm³/mol.